The van der Waals surface area contributed by atoms with Crippen LogP contribution >= 0.6 is 11.6 Å². The SMILES string of the molecule is CS(=O)(=O)Nc1ccc(NC(=O)C2(N)CCC2)cc1Cl. The molecule has 1 saturated carbocycles. The van der Waals surface area contributed by atoms with E-state index in [2.05, 4.69) is 10.0 Å². The Balaban J connectivity index is 2.11. The maximum Gasteiger partial charge on any atom is 0.244 e. The molecule has 1 amide bonds. The molecule has 0 bridgehead atoms. The second kappa shape index (κ2) is 5.23. The highest BCUT2D eigenvalue weighted by Crippen LogP contribution is 2.31. The molecule has 4 N–H and O–H groups in total. The standard InChI is InChI=1S/C12H16ClN3O3S/c1-20(18,19)16-10-4-3-8(7-9(10)13)15-11(17)12(14)5-2-6-12/h3-4,7,16H,2,5-6,14H2,1H3,(H,15,17). The van der Waals surface area contributed by atoms with Crippen LogP contribution in [0.3, 0.4) is 0 Å². The predicted octanol–water partition coefficient (Wildman–Crippen LogP) is 1.53. The maximum atomic E-state index is 12.0. The molecule has 0 aromatic heterocycles. The fraction of sp³-hybridized carbons (Fsp3) is 0.417. The molecule has 1 aliphatic rings. The summed E-state index contributed by atoms with van der Waals surface area (Å²) in [6, 6.07) is 4.54. The second-order valence-corrected chi connectivity index (χ2v) is 7.19. The minimum Gasteiger partial charge on any atom is -0.324 e. The van der Waals surface area contributed by atoms with Crippen molar-refractivity contribution in [1.29, 1.82) is 0 Å². The van der Waals surface area contributed by atoms with Crippen molar-refractivity contribution in [2.45, 2.75) is 24.8 Å². The molecule has 8 heteroatoms. The monoisotopic (exact) mass is 317 g/mol. The lowest BCUT2D eigenvalue weighted by molar-refractivity contribution is -0.123. The van der Waals surface area contributed by atoms with Crippen LogP contribution in [0.2, 0.25) is 5.02 Å². The Morgan fingerprint density at radius 3 is 2.50 bits per heavy atom. The molecule has 0 heterocycles. The third-order valence-corrected chi connectivity index (χ3v) is 4.12. The molecule has 2 rings (SSSR count). The summed E-state index contributed by atoms with van der Waals surface area (Å²) in [5.74, 6) is -0.247. The van der Waals surface area contributed by atoms with Crippen LogP contribution in [0.4, 0.5) is 11.4 Å². The largest absolute Gasteiger partial charge is 0.324 e. The molecule has 0 aliphatic heterocycles. The van der Waals surface area contributed by atoms with Crippen molar-refractivity contribution in [3.8, 4) is 0 Å². The van der Waals surface area contributed by atoms with Gasteiger partial charge in [-0.1, -0.05) is 11.6 Å². The third kappa shape index (κ3) is 3.41. The zero-order valence-electron chi connectivity index (χ0n) is 10.9. The number of rotatable bonds is 4. The summed E-state index contributed by atoms with van der Waals surface area (Å²) < 4.78 is 24.6. The van der Waals surface area contributed by atoms with E-state index in [-0.39, 0.29) is 16.6 Å². The molecule has 1 fully saturated rings. The van der Waals surface area contributed by atoms with Crippen molar-refractivity contribution in [1.82, 2.24) is 0 Å². The van der Waals surface area contributed by atoms with E-state index in [0.717, 1.165) is 12.7 Å². The first-order valence-electron chi connectivity index (χ1n) is 6.07. The first-order valence-corrected chi connectivity index (χ1v) is 8.34. The molecule has 1 aromatic rings. The predicted molar refractivity (Wildman–Crippen MR) is 79.3 cm³/mol. The second-order valence-electron chi connectivity index (χ2n) is 5.03. The Labute approximate surface area is 122 Å². The number of nitrogens with one attached hydrogen (secondary N) is 2. The van der Waals surface area contributed by atoms with Crippen LogP contribution in [-0.2, 0) is 14.8 Å². The fourth-order valence-corrected chi connectivity index (χ4v) is 2.78. The van der Waals surface area contributed by atoms with E-state index in [1.807, 2.05) is 0 Å². The Kier molecular flexibility index (Phi) is 3.95. The summed E-state index contributed by atoms with van der Waals surface area (Å²) in [5.41, 5.74) is 5.86. The zero-order valence-corrected chi connectivity index (χ0v) is 12.5. The number of halogens is 1. The number of nitrogens with two attached hydrogens (primary N) is 1. The van der Waals surface area contributed by atoms with E-state index >= 15 is 0 Å². The molecule has 0 atom stereocenters. The molecule has 6 nitrogen and oxygen atoms in total. The molecule has 20 heavy (non-hydrogen) atoms. The minimum absolute atomic E-state index is 0.202. The summed E-state index contributed by atoms with van der Waals surface area (Å²) in [7, 11) is -3.40. The van der Waals surface area contributed by atoms with Gasteiger partial charge in [-0.15, -0.1) is 0 Å². The third-order valence-electron chi connectivity index (χ3n) is 3.22. The lowest BCUT2D eigenvalue weighted by Crippen LogP contribution is -2.56. The highest BCUT2D eigenvalue weighted by molar-refractivity contribution is 7.92. The summed E-state index contributed by atoms with van der Waals surface area (Å²) in [5, 5.41) is 2.89. The highest BCUT2D eigenvalue weighted by atomic mass is 35.5. The van der Waals surface area contributed by atoms with Gasteiger partial charge in [-0.3, -0.25) is 9.52 Å². The smallest absolute Gasteiger partial charge is 0.244 e. The van der Waals surface area contributed by atoms with Crippen LogP contribution in [0.1, 0.15) is 19.3 Å². The summed E-state index contributed by atoms with van der Waals surface area (Å²) in [6.07, 6.45) is 3.32. The van der Waals surface area contributed by atoms with Gasteiger partial charge in [0.05, 0.1) is 22.5 Å². The number of sulfonamides is 1. The van der Waals surface area contributed by atoms with Gasteiger partial charge in [-0.05, 0) is 37.5 Å². The molecule has 0 saturated heterocycles. The number of carbonyl (C=O) groups excluding carboxylic acids is 1. The van der Waals surface area contributed by atoms with E-state index < -0.39 is 15.6 Å². The van der Waals surface area contributed by atoms with E-state index in [1.54, 1.807) is 6.07 Å². The minimum atomic E-state index is -3.40. The number of carbonyl (C=O) groups is 1. The molecule has 110 valence electrons. The highest BCUT2D eigenvalue weighted by Gasteiger charge is 2.40. The van der Waals surface area contributed by atoms with Crippen LogP contribution in [0.15, 0.2) is 18.2 Å². The molecule has 1 aromatic carbocycles. The lowest BCUT2D eigenvalue weighted by atomic mass is 9.77. The maximum absolute atomic E-state index is 12.0. The Morgan fingerprint density at radius 1 is 1.40 bits per heavy atom. The van der Waals surface area contributed by atoms with Gasteiger partial charge in [0.15, 0.2) is 0 Å². The first-order chi connectivity index (χ1) is 9.20. The van der Waals surface area contributed by atoms with Crippen molar-refractivity contribution in [2.24, 2.45) is 5.73 Å². The lowest BCUT2D eigenvalue weighted by Gasteiger charge is -2.36. The molecular formula is C12H16ClN3O3S. The van der Waals surface area contributed by atoms with Gasteiger partial charge in [-0.2, -0.15) is 0 Å². The number of hydrogen-bond donors (Lipinski definition) is 3. The van der Waals surface area contributed by atoms with Crippen LogP contribution in [0.25, 0.3) is 0 Å². The van der Waals surface area contributed by atoms with E-state index in [4.69, 9.17) is 17.3 Å². The summed E-state index contributed by atoms with van der Waals surface area (Å²) >= 11 is 5.97. The van der Waals surface area contributed by atoms with Gasteiger partial charge in [0.25, 0.3) is 0 Å². The van der Waals surface area contributed by atoms with Crippen LogP contribution in [0, 0.1) is 0 Å². The number of anilines is 2. The summed E-state index contributed by atoms with van der Waals surface area (Å²) in [4.78, 5) is 12.0. The molecule has 0 unspecified atom stereocenters. The quantitative estimate of drug-likeness (QED) is 0.783. The Hall–Kier alpha value is -1.31. The first kappa shape index (κ1) is 15.1. The van der Waals surface area contributed by atoms with E-state index in [9.17, 15) is 13.2 Å². The van der Waals surface area contributed by atoms with Gasteiger partial charge in [0.2, 0.25) is 15.9 Å². The van der Waals surface area contributed by atoms with Crippen LogP contribution < -0.4 is 15.8 Å². The zero-order chi connectivity index (χ0) is 15.0. The number of amides is 1. The van der Waals surface area contributed by atoms with Gasteiger partial charge < -0.3 is 11.1 Å². The molecule has 0 radical (unpaired) electrons. The summed E-state index contributed by atoms with van der Waals surface area (Å²) in [6.45, 7) is 0. The molecule has 1 aliphatic carbocycles. The van der Waals surface area contributed by atoms with Gasteiger partial charge in [0, 0.05) is 5.69 Å². The van der Waals surface area contributed by atoms with Crippen molar-refractivity contribution in [2.75, 3.05) is 16.3 Å². The van der Waals surface area contributed by atoms with Gasteiger partial charge in [0.1, 0.15) is 0 Å². The van der Waals surface area contributed by atoms with Crippen molar-refractivity contribution >= 4 is 38.9 Å². The van der Waals surface area contributed by atoms with Crippen molar-refractivity contribution < 1.29 is 13.2 Å². The van der Waals surface area contributed by atoms with Crippen LogP contribution in [0.5, 0.6) is 0 Å². The topological polar surface area (TPSA) is 101 Å². The molecule has 0 spiro atoms. The van der Waals surface area contributed by atoms with Crippen LogP contribution in [-0.4, -0.2) is 26.1 Å². The average Bonchev–Trinajstić information content (AvgIpc) is 2.28. The van der Waals surface area contributed by atoms with Gasteiger partial charge in [-0.25, -0.2) is 8.42 Å². The number of benzene rings is 1. The van der Waals surface area contributed by atoms with E-state index in [1.165, 1.54) is 12.1 Å². The Bertz CT molecular complexity index is 641. The van der Waals surface area contributed by atoms with Crippen molar-refractivity contribution in [3.63, 3.8) is 0 Å². The molecular weight excluding hydrogens is 302 g/mol. The van der Waals surface area contributed by atoms with Gasteiger partial charge >= 0.3 is 0 Å². The average molecular weight is 318 g/mol. The normalized spacial score (nSPS) is 17.1. The Morgan fingerprint density at radius 2 is 2.05 bits per heavy atom. The number of hydrogen-bond acceptors (Lipinski definition) is 4. The fourth-order valence-electron chi connectivity index (χ4n) is 1.92. The van der Waals surface area contributed by atoms with E-state index in [0.29, 0.717) is 18.5 Å². The van der Waals surface area contributed by atoms with Crippen molar-refractivity contribution in [3.05, 3.63) is 23.2 Å².